The van der Waals surface area contributed by atoms with Crippen LogP contribution < -0.4 is 11.1 Å². The zero-order valence-electron chi connectivity index (χ0n) is 12.6. The number of thiazole rings is 1. The molecule has 0 fully saturated rings. The highest BCUT2D eigenvalue weighted by molar-refractivity contribution is 7.15. The van der Waals surface area contributed by atoms with Crippen LogP contribution in [0.15, 0.2) is 18.2 Å². The standard InChI is InChI=1S/C15H17Cl2N3OS.ClH/c1-9-13(4-2-3-7-18)22-15(19-9)20-14(21)10-5-6-11(16)12(17)8-10;/h5-6,8H,2-4,7,18H2,1H3,(H,19,20,21);1H. The van der Waals surface area contributed by atoms with Crippen molar-refractivity contribution < 1.29 is 4.79 Å². The molecule has 0 radical (unpaired) electrons. The fourth-order valence-electron chi connectivity index (χ4n) is 1.95. The molecule has 2 aromatic rings. The van der Waals surface area contributed by atoms with Crippen molar-refractivity contribution in [3.05, 3.63) is 44.4 Å². The summed E-state index contributed by atoms with van der Waals surface area (Å²) >= 11 is 13.3. The molecule has 0 aliphatic rings. The summed E-state index contributed by atoms with van der Waals surface area (Å²) in [5.74, 6) is -0.249. The van der Waals surface area contributed by atoms with E-state index in [0.717, 1.165) is 25.0 Å². The first kappa shape index (κ1) is 20.2. The lowest BCUT2D eigenvalue weighted by Crippen LogP contribution is -2.11. The lowest BCUT2D eigenvalue weighted by molar-refractivity contribution is 0.102. The van der Waals surface area contributed by atoms with Crippen molar-refractivity contribution in [1.82, 2.24) is 4.98 Å². The lowest BCUT2D eigenvalue weighted by atomic mass is 10.2. The second-order valence-electron chi connectivity index (χ2n) is 4.86. The summed E-state index contributed by atoms with van der Waals surface area (Å²) in [4.78, 5) is 17.8. The number of nitrogens with zero attached hydrogens (tertiary/aromatic N) is 1. The van der Waals surface area contributed by atoms with Gasteiger partial charge in [0.05, 0.1) is 15.7 Å². The first-order chi connectivity index (χ1) is 10.5. The largest absolute Gasteiger partial charge is 0.330 e. The quantitative estimate of drug-likeness (QED) is 0.697. The van der Waals surface area contributed by atoms with Crippen molar-refractivity contribution in [3.8, 4) is 0 Å². The third kappa shape index (κ3) is 5.62. The van der Waals surface area contributed by atoms with Gasteiger partial charge in [0.2, 0.25) is 0 Å². The van der Waals surface area contributed by atoms with Gasteiger partial charge in [0.1, 0.15) is 0 Å². The molecule has 8 heteroatoms. The summed E-state index contributed by atoms with van der Waals surface area (Å²) in [5.41, 5.74) is 6.90. The molecule has 0 bridgehead atoms. The van der Waals surface area contributed by atoms with Gasteiger partial charge in [-0.3, -0.25) is 10.1 Å². The number of hydrogen-bond acceptors (Lipinski definition) is 4. The van der Waals surface area contributed by atoms with Crippen LogP contribution in [0.3, 0.4) is 0 Å². The highest BCUT2D eigenvalue weighted by atomic mass is 35.5. The highest BCUT2D eigenvalue weighted by Gasteiger charge is 2.12. The summed E-state index contributed by atoms with van der Waals surface area (Å²) in [5, 5.41) is 4.17. The number of halogens is 3. The predicted octanol–water partition coefficient (Wildman–Crippen LogP) is 4.71. The third-order valence-electron chi connectivity index (χ3n) is 3.15. The van der Waals surface area contributed by atoms with Gasteiger partial charge in [-0.2, -0.15) is 0 Å². The molecule has 126 valence electrons. The molecule has 0 aliphatic heterocycles. The molecule has 0 unspecified atom stereocenters. The van der Waals surface area contributed by atoms with E-state index in [9.17, 15) is 4.79 Å². The van der Waals surface area contributed by atoms with Gasteiger partial charge in [0.25, 0.3) is 5.91 Å². The Morgan fingerprint density at radius 3 is 2.70 bits per heavy atom. The van der Waals surface area contributed by atoms with E-state index >= 15 is 0 Å². The average Bonchev–Trinajstić information content (AvgIpc) is 2.82. The Hall–Kier alpha value is -0.850. The van der Waals surface area contributed by atoms with Crippen molar-refractivity contribution >= 4 is 58.0 Å². The van der Waals surface area contributed by atoms with Crippen LogP contribution in [0.2, 0.25) is 10.0 Å². The van der Waals surface area contributed by atoms with Crippen molar-refractivity contribution in [3.63, 3.8) is 0 Å². The first-order valence-electron chi connectivity index (χ1n) is 6.94. The van der Waals surface area contributed by atoms with E-state index in [1.165, 1.54) is 16.2 Å². The van der Waals surface area contributed by atoms with Crippen molar-refractivity contribution in [1.29, 1.82) is 0 Å². The topological polar surface area (TPSA) is 68.0 Å². The summed E-state index contributed by atoms with van der Waals surface area (Å²) < 4.78 is 0. The maximum atomic E-state index is 12.2. The number of carbonyl (C=O) groups is 1. The molecule has 0 aliphatic carbocycles. The normalized spacial score (nSPS) is 10.3. The molecular formula is C15H18Cl3N3OS. The van der Waals surface area contributed by atoms with Gasteiger partial charge in [0, 0.05) is 10.4 Å². The SMILES string of the molecule is Cc1nc(NC(=O)c2ccc(Cl)c(Cl)c2)sc1CCCCN.Cl. The number of amides is 1. The molecule has 0 saturated heterocycles. The number of aromatic nitrogens is 1. The van der Waals surface area contributed by atoms with Gasteiger partial charge in [-0.1, -0.05) is 23.2 Å². The Kier molecular flexibility index (Phi) is 8.29. The van der Waals surface area contributed by atoms with Gasteiger partial charge in [-0.05, 0) is 50.9 Å². The molecule has 1 heterocycles. The molecule has 3 N–H and O–H groups in total. The number of unbranched alkanes of at least 4 members (excludes halogenated alkanes) is 1. The number of rotatable bonds is 6. The van der Waals surface area contributed by atoms with E-state index < -0.39 is 0 Å². The summed E-state index contributed by atoms with van der Waals surface area (Å²) in [7, 11) is 0. The Labute approximate surface area is 155 Å². The van der Waals surface area contributed by atoms with Gasteiger partial charge < -0.3 is 5.73 Å². The fraction of sp³-hybridized carbons (Fsp3) is 0.333. The van der Waals surface area contributed by atoms with Crippen LogP contribution in [0.5, 0.6) is 0 Å². The predicted molar refractivity (Wildman–Crippen MR) is 101 cm³/mol. The first-order valence-corrected chi connectivity index (χ1v) is 8.51. The molecule has 0 atom stereocenters. The summed E-state index contributed by atoms with van der Waals surface area (Å²) in [6.07, 6.45) is 2.95. The minimum Gasteiger partial charge on any atom is -0.330 e. The number of hydrogen-bond donors (Lipinski definition) is 2. The van der Waals surface area contributed by atoms with Gasteiger partial charge in [-0.25, -0.2) is 4.98 Å². The average molecular weight is 395 g/mol. The molecule has 0 spiro atoms. The van der Waals surface area contributed by atoms with Crippen LogP contribution in [0.25, 0.3) is 0 Å². The van der Waals surface area contributed by atoms with Crippen LogP contribution in [-0.2, 0) is 6.42 Å². The van der Waals surface area contributed by atoms with Gasteiger partial charge in [0.15, 0.2) is 5.13 Å². The summed E-state index contributed by atoms with van der Waals surface area (Å²) in [6, 6.07) is 4.78. The molecule has 1 amide bonds. The lowest BCUT2D eigenvalue weighted by Gasteiger charge is -2.03. The maximum absolute atomic E-state index is 12.2. The van der Waals surface area contributed by atoms with Crippen LogP contribution >= 0.6 is 46.9 Å². The maximum Gasteiger partial charge on any atom is 0.257 e. The van der Waals surface area contributed by atoms with Gasteiger partial charge in [-0.15, -0.1) is 23.7 Å². The Balaban J connectivity index is 0.00000264. The molecule has 23 heavy (non-hydrogen) atoms. The van der Waals surface area contributed by atoms with E-state index in [0.29, 0.717) is 27.3 Å². The Morgan fingerprint density at radius 2 is 2.04 bits per heavy atom. The van der Waals surface area contributed by atoms with Crippen molar-refractivity contribution in [2.45, 2.75) is 26.2 Å². The monoisotopic (exact) mass is 393 g/mol. The second kappa shape index (κ2) is 9.45. The van der Waals surface area contributed by atoms with E-state index in [1.54, 1.807) is 18.2 Å². The number of carbonyl (C=O) groups excluding carboxylic acids is 1. The zero-order chi connectivity index (χ0) is 16.1. The molecular weight excluding hydrogens is 377 g/mol. The van der Waals surface area contributed by atoms with E-state index in [-0.39, 0.29) is 18.3 Å². The van der Waals surface area contributed by atoms with Crippen LogP contribution in [-0.4, -0.2) is 17.4 Å². The smallest absolute Gasteiger partial charge is 0.257 e. The molecule has 0 saturated carbocycles. The minimum atomic E-state index is -0.249. The summed E-state index contributed by atoms with van der Waals surface area (Å²) in [6.45, 7) is 2.64. The zero-order valence-corrected chi connectivity index (χ0v) is 15.7. The fourth-order valence-corrected chi connectivity index (χ4v) is 3.25. The van der Waals surface area contributed by atoms with Crippen LogP contribution in [0, 0.1) is 6.92 Å². The van der Waals surface area contributed by atoms with Crippen LogP contribution in [0.4, 0.5) is 5.13 Å². The Morgan fingerprint density at radius 1 is 1.30 bits per heavy atom. The minimum absolute atomic E-state index is 0. The molecule has 2 rings (SSSR count). The molecule has 1 aromatic carbocycles. The Bertz CT molecular complexity index is 676. The van der Waals surface area contributed by atoms with E-state index in [4.69, 9.17) is 28.9 Å². The highest BCUT2D eigenvalue weighted by Crippen LogP contribution is 2.26. The third-order valence-corrected chi connectivity index (χ3v) is 5.02. The number of aryl methyl sites for hydroxylation is 2. The van der Waals surface area contributed by atoms with E-state index in [1.807, 2.05) is 6.92 Å². The van der Waals surface area contributed by atoms with Gasteiger partial charge >= 0.3 is 0 Å². The number of nitrogens with one attached hydrogen (secondary N) is 1. The number of anilines is 1. The van der Waals surface area contributed by atoms with E-state index in [2.05, 4.69) is 10.3 Å². The molecule has 4 nitrogen and oxygen atoms in total. The molecule has 1 aromatic heterocycles. The number of nitrogens with two attached hydrogens (primary N) is 1. The second-order valence-corrected chi connectivity index (χ2v) is 6.75. The van der Waals surface area contributed by atoms with Crippen molar-refractivity contribution in [2.24, 2.45) is 5.73 Å². The number of benzene rings is 1. The van der Waals surface area contributed by atoms with Crippen LogP contribution in [0.1, 0.15) is 33.8 Å². The van der Waals surface area contributed by atoms with Crippen molar-refractivity contribution in [2.75, 3.05) is 11.9 Å².